The van der Waals surface area contributed by atoms with Gasteiger partial charge < -0.3 is 15.4 Å². The number of rotatable bonds is 5. The number of fused-ring (bicyclic) bond motifs is 1. The number of benzene rings is 2. The molecule has 0 radical (unpaired) electrons. The van der Waals surface area contributed by atoms with Gasteiger partial charge in [-0.25, -0.2) is 19.7 Å². The Kier molecular flexibility index (Phi) is 7.28. The van der Waals surface area contributed by atoms with Crippen molar-refractivity contribution in [2.45, 2.75) is 45.8 Å². The number of likely N-dealkylation sites (tertiary alicyclic amines) is 2. The van der Waals surface area contributed by atoms with Gasteiger partial charge in [-0.3, -0.25) is 9.47 Å². The van der Waals surface area contributed by atoms with E-state index in [1.165, 1.54) is 5.56 Å². The number of pyridine rings is 2. The molecule has 0 aliphatic carbocycles. The van der Waals surface area contributed by atoms with E-state index in [0.717, 1.165) is 79.2 Å². The molecule has 45 heavy (non-hydrogen) atoms. The lowest BCUT2D eigenvalue weighted by Crippen LogP contribution is -2.62. The van der Waals surface area contributed by atoms with Crippen LogP contribution in [0.1, 0.15) is 39.2 Å². The molecule has 0 atom stereocenters. The number of nitrogens with zero attached hydrogens (tertiary/aromatic N) is 6. The Morgan fingerprint density at radius 2 is 1.64 bits per heavy atom. The van der Waals surface area contributed by atoms with E-state index in [4.69, 9.17) is 20.4 Å². The Bertz CT molecular complexity index is 1830. The number of hydrogen-bond donors (Lipinski definition) is 1. The summed E-state index contributed by atoms with van der Waals surface area (Å²) in [5, 5.41) is 0. The highest BCUT2D eigenvalue weighted by Crippen LogP contribution is 2.41. The third-order valence-corrected chi connectivity index (χ3v) is 8.88. The lowest BCUT2D eigenvalue weighted by molar-refractivity contribution is -0.0600. The minimum absolute atomic E-state index is 0.192. The highest BCUT2D eigenvalue weighted by Gasteiger charge is 2.47. The zero-order valence-electron chi connectivity index (χ0n) is 26.1. The van der Waals surface area contributed by atoms with E-state index in [2.05, 4.69) is 50.8 Å². The molecule has 230 valence electrons. The van der Waals surface area contributed by atoms with Gasteiger partial charge in [0.2, 0.25) is 0 Å². The summed E-state index contributed by atoms with van der Waals surface area (Å²) in [6.45, 7) is 10.3. The van der Waals surface area contributed by atoms with Crippen LogP contribution in [0.25, 0.3) is 39.5 Å². The summed E-state index contributed by atoms with van der Waals surface area (Å²) in [5.41, 5.74) is 12.6. The van der Waals surface area contributed by atoms with Gasteiger partial charge >= 0.3 is 6.09 Å². The monoisotopic (exact) mass is 601 g/mol. The van der Waals surface area contributed by atoms with E-state index < -0.39 is 5.60 Å². The van der Waals surface area contributed by atoms with Crippen LogP contribution < -0.4 is 5.73 Å². The van der Waals surface area contributed by atoms with Crippen LogP contribution >= 0.6 is 0 Å². The quantitative estimate of drug-likeness (QED) is 0.243. The SMILES string of the molecule is CC(C)(C)OC(=O)N1CC2(CCN(Cc3ccc(-n4c(-c5cccnc5N)nc5ccc(-c6ccccc6)nc54)cc3)CC2)C1. The summed E-state index contributed by atoms with van der Waals surface area (Å²) in [6.07, 6.45) is 3.69. The molecule has 3 aromatic heterocycles. The third kappa shape index (κ3) is 5.88. The average Bonchev–Trinajstić information content (AvgIpc) is 3.39. The molecule has 1 amide bonds. The minimum Gasteiger partial charge on any atom is -0.444 e. The van der Waals surface area contributed by atoms with Gasteiger partial charge in [0.1, 0.15) is 16.9 Å². The predicted octanol–water partition coefficient (Wildman–Crippen LogP) is 6.56. The van der Waals surface area contributed by atoms with E-state index in [0.29, 0.717) is 11.6 Å². The molecule has 7 rings (SSSR count). The van der Waals surface area contributed by atoms with Gasteiger partial charge in [0, 0.05) is 42.5 Å². The van der Waals surface area contributed by atoms with Crippen molar-refractivity contribution in [3.05, 3.63) is 90.6 Å². The molecule has 0 unspecified atom stereocenters. The van der Waals surface area contributed by atoms with Crippen LogP contribution in [-0.2, 0) is 11.3 Å². The molecular formula is C36H39N7O2. The molecule has 2 aliphatic heterocycles. The summed E-state index contributed by atoms with van der Waals surface area (Å²) in [7, 11) is 0. The van der Waals surface area contributed by atoms with E-state index in [-0.39, 0.29) is 11.5 Å². The van der Waals surface area contributed by atoms with E-state index in [1.54, 1.807) is 6.20 Å². The number of carbonyl (C=O) groups excluding carboxylic acids is 1. The number of anilines is 1. The highest BCUT2D eigenvalue weighted by molar-refractivity contribution is 5.84. The Morgan fingerprint density at radius 1 is 0.911 bits per heavy atom. The molecule has 0 bridgehead atoms. The lowest BCUT2D eigenvalue weighted by atomic mass is 9.72. The number of carbonyl (C=O) groups is 1. The molecular weight excluding hydrogens is 562 g/mol. The second kappa shape index (κ2) is 11.3. The maximum atomic E-state index is 12.4. The maximum Gasteiger partial charge on any atom is 0.410 e. The van der Waals surface area contributed by atoms with Crippen LogP contribution in [0.2, 0.25) is 0 Å². The first-order chi connectivity index (χ1) is 21.7. The number of aromatic nitrogens is 4. The predicted molar refractivity (Wildman–Crippen MR) is 177 cm³/mol. The number of piperidine rings is 1. The number of hydrogen-bond acceptors (Lipinski definition) is 7. The van der Waals surface area contributed by atoms with Crippen molar-refractivity contribution in [1.82, 2.24) is 29.3 Å². The molecule has 1 spiro atoms. The van der Waals surface area contributed by atoms with Crippen molar-refractivity contribution in [2.75, 3.05) is 31.9 Å². The van der Waals surface area contributed by atoms with Gasteiger partial charge in [-0.2, -0.15) is 0 Å². The van der Waals surface area contributed by atoms with Crippen molar-refractivity contribution < 1.29 is 9.53 Å². The topological polar surface area (TPSA) is 102 Å². The van der Waals surface area contributed by atoms with Gasteiger partial charge in [-0.1, -0.05) is 42.5 Å². The smallest absolute Gasteiger partial charge is 0.410 e. The first-order valence-corrected chi connectivity index (χ1v) is 15.6. The second-order valence-corrected chi connectivity index (χ2v) is 13.4. The minimum atomic E-state index is -0.459. The van der Waals surface area contributed by atoms with Gasteiger partial charge in [0.15, 0.2) is 11.5 Å². The molecule has 2 fully saturated rings. The van der Waals surface area contributed by atoms with Gasteiger partial charge in [0.05, 0.1) is 11.3 Å². The number of nitrogen functional groups attached to an aromatic ring is 1. The number of amides is 1. The Balaban J connectivity index is 1.10. The Morgan fingerprint density at radius 3 is 2.33 bits per heavy atom. The standard InChI is InChI=1S/C36H39N7O2/c1-35(2,3)45-34(44)42-23-36(24-42)17-20-41(21-18-36)22-25-11-13-27(14-12-25)43-32(28-10-7-19-38-31(28)37)40-30-16-15-29(39-33(30)43)26-8-5-4-6-9-26/h4-16,19H,17-18,20-24H2,1-3H3,(H2,37,38). The number of imidazole rings is 1. The third-order valence-electron chi connectivity index (χ3n) is 8.88. The Hall–Kier alpha value is -4.76. The van der Waals surface area contributed by atoms with E-state index >= 15 is 0 Å². The highest BCUT2D eigenvalue weighted by atomic mass is 16.6. The van der Waals surface area contributed by atoms with Gasteiger partial charge in [-0.05, 0) is 88.7 Å². The first kappa shape index (κ1) is 29.0. The summed E-state index contributed by atoms with van der Waals surface area (Å²) in [6, 6.07) is 26.7. The van der Waals surface area contributed by atoms with Crippen molar-refractivity contribution in [2.24, 2.45) is 5.41 Å². The zero-order chi connectivity index (χ0) is 31.2. The molecule has 9 heteroatoms. The number of ether oxygens (including phenoxy) is 1. The zero-order valence-corrected chi connectivity index (χ0v) is 26.1. The number of nitrogens with two attached hydrogens (primary N) is 1. The van der Waals surface area contributed by atoms with Crippen LogP contribution in [-0.4, -0.2) is 67.2 Å². The first-order valence-electron chi connectivity index (χ1n) is 15.6. The van der Waals surface area contributed by atoms with Crippen LogP contribution in [0.5, 0.6) is 0 Å². The van der Waals surface area contributed by atoms with Crippen molar-refractivity contribution in [3.8, 4) is 28.3 Å². The van der Waals surface area contributed by atoms with Crippen LogP contribution in [0.4, 0.5) is 10.6 Å². The lowest BCUT2D eigenvalue weighted by Gasteiger charge is -2.53. The van der Waals surface area contributed by atoms with Gasteiger partial charge in [-0.15, -0.1) is 0 Å². The van der Waals surface area contributed by atoms with Crippen LogP contribution in [0.15, 0.2) is 85.1 Å². The average molecular weight is 602 g/mol. The molecule has 5 aromatic rings. The van der Waals surface area contributed by atoms with Crippen molar-refractivity contribution in [1.29, 1.82) is 0 Å². The van der Waals surface area contributed by atoms with Crippen molar-refractivity contribution >= 4 is 23.1 Å². The fourth-order valence-electron chi connectivity index (χ4n) is 6.49. The summed E-state index contributed by atoms with van der Waals surface area (Å²) < 4.78 is 7.64. The van der Waals surface area contributed by atoms with Gasteiger partial charge in [0.25, 0.3) is 0 Å². The molecule has 5 heterocycles. The molecule has 0 saturated carbocycles. The summed E-state index contributed by atoms with van der Waals surface area (Å²) >= 11 is 0. The Labute approximate surface area is 263 Å². The fourth-order valence-corrected chi connectivity index (χ4v) is 6.49. The molecule has 9 nitrogen and oxygen atoms in total. The maximum absolute atomic E-state index is 12.4. The van der Waals surface area contributed by atoms with E-state index in [9.17, 15) is 4.79 Å². The summed E-state index contributed by atoms with van der Waals surface area (Å²) in [5.74, 6) is 1.14. The largest absolute Gasteiger partial charge is 0.444 e. The summed E-state index contributed by atoms with van der Waals surface area (Å²) in [4.78, 5) is 31.2. The molecule has 2 aliphatic rings. The van der Waals surface area contributed by atoms with Crippen LogP contribution in [0.3, 0.4) is 0 Å². The fraction of sp³-hybridized carbons (Fsp3) is 0.333. The molecule has 2 aromatic carbocycles. The van der Waals surface area contributed by atoms with Crippen molar-refractivity contribution in [3.63, 3.8) is 0 Å². The van der Waals surface area contributed by atoms with Crippen LogP contribution in [0, 0.1) is 5.41 Å². The molecule has 2 N–H and O–H groups in total. The normalized spacial score (nSPS) is 16.6. The molecule has 2 saturated heterocycles. The second-order valence-electron chi connectivity index (χ2n) is 13.4. The van der Waals surface area contributed by atoms with E-state index in [1.807, 2.05) is 68.1 Å².